The Hall–Kier alpha value is -0.570. The summed E-state index contributed by atoms with van der Waals surface area (Å²) in [7, 11) is 0. The molecule has 17 heavy (non-hydrogen) atoms. The minimum atomic E-state index is 0.379. The summed E-state index contributed by atoms with van der Waals surface area (Å²) in [4.78, 5) is 4.11. The highest BCUT2D eigenvalue weighted by Crippen LogP contribution is 2.37. The molecule has 0 unspecified atom stereocenters. The molecule has 1 saturated heterocycles. The molecule has 0 saturated carbocycles. The summed E-state index contributed by atoms with van der Waals surface area (Å²) in [6, 6.07) is 2.45. The van der Waals surface area contributed by atoms with E-state index in [1.807, 2.05) is 12.3 Å². The third-order valence-corrected chi connectivity index (χ3v) is 4.36. The fourth-order valence-electron chi connectivity index (χ4n) is 2.78. The van der Waals surface area contributed by atoms with Crippen LogP contribution in [0, 0.1) is 5.92 Å². The summed E-state index contributed by atoms with van der Waals surface area (Å²) >= 11 is 11.8. The molecule has 0 amide bonds. The second-order valence-electron chi connectivity index (χ2n) is 4.77. The van der Waals surface area contributed by atoms with E-state index in [1.54, 1.807) is 0 Å². The Morgan fingerprint density at radius 1 is 1.35 bits per heavy atom. The van der Waals surface area contributed by atoms with E-state index in [9.17, 15) is 0 Å². The third kappa shape index (κ3) is 2.22. The summed E-state index contributed by atoms with van der Waals surface area (Å²) in [6.07, 6.45) is 7.86. The molecule has 0 aromatic carbocycles. The van der Waals surface area contributed by atoms with Crippen LogP contribution >= 0.6 is 23.2 Å². The molecule has 1 aliphatic carbocycles. The van der Waals surface area contributed by atoms with Crippen molar-refractivity contribution in [2.75, 3.05) is 6.54 Å². The number of allylic oxidation sites excluding steroid dienone is 1. The molecule has 1 fully saturated rings. The van der Waals surface area contributed by atoms with Gasteiger partial charge in [0, 0.05) is 12.2 Å². The van der Waals surface area contributed by atoms with Crippen LogP contribution in [0.25, 0.3) is 5.57 Å². The number of pyridine rings is 1. The lowest BCUT2D eigenvalue weighted by Crippen LogP contribution is -2.37. The monoisotopic (exact) mass is 268 g/mol. The molecule has 1 aromatic heterocycles. The van der Waals surface area contributed by atoms with Crippen molar-refractivity contribution < 1.29 is 0 Å². The SMILES string of the molecule is Clc1cc(C2=C[C@@H]3NCCC[C@@H]3C2)cnc1Cl. The summed E-state index contributed by atoms with van der Waals surface area (Å²) < 4.78 is 0. The van der Waals surface area contributed by atoms with Gasteiger partial charge in [-0.3, -0.25) is 0 Å². The van der Waals surface area contributed by atoms with Gasteiger partial charge in [0.15, 0.2) is 0 Å². The van der Waals surface area contributed by atoms with Gasteiger partial charge in [0.25, 0.3) is 0 Å². The maximum atomic E-state index is 6.01. The smallest absolute Gasteiger partial charge is 0.147 e. The van der Waals surface area contributed by atoms with Gasteiger partial charge >= 0.3 is 0 Å². The fourth-order valence-corrected chi connectivity index (χ4v) is 3.05. The minimum absolute atomic E-state index is 0.379. The minimum Gasteiger partial charge on any atom is -0.310 e. The van der Waals surface area contributed by atoms with Crippen LogP contribution in [-0.4, -0.2) is 17.6 Å². The number of aromatic nitrogens is 1. The molecule has 3 rings (SSSR count). The quantitative estimate of drug-likeness (QED) is 0.789. The molecular weight excluding hydrogens is 255 g/mol. The molecule has 1 N–H and O–H groups in total. The number of nitrogens with one attached hydrogen (secondary N) is 1. The van der Waals surface area contributed by atoms with E-state index in [1.165, 1.54) is 18.4 Å². The van der Waals surface area contributed by atoms with E-state index in [0.29, 0.717) is 16.2 Å². The average Bonchev–Trinajstić information content (AvgIpc) is 2.76. The van der Waals surface area contributed by atoms with Crippen molar-refractivity contribution >= 4 is 28.8 Å². The number of fused-ring (bicyclic) bond motifs is 1. The van der Waals surface area contributed by atoms with E-state index >= 15 is 0 Å². The number of hydrogen-bond donors (Lipinski definition) is 1. The van der Waals surface area contributed by atoms with Crippen LogP contribution < -0.4 is 5.32 Å². The summed E-state index contributed by atoms with van der Waals surface area (Å²) in [5.41, 5.74) is 2.45. The Balaban J connectivity index is 1.87. The Labute approximate surface area is 111 Å². The average molecular weight is 269 g/mol. The molecule has 1 aliphatic heterocycles. The molecule has 90 valence electrons. The molecule has 0 spiro atoms. The van der Waals surface area contributed by atoms with Gasteiger partial charge in [0.1, 0.15) is 5.15 Å². The van der Waals surface area contributed by atoms with Crippen LogP contribution in [0.2, 0.25) is 10.2 Å². The van der Waals surface area contributed by atoms with E-state index in [2.05, 4.69) is 16.4 Å². The third-order valence-electron chi connectivity index (χ3n) is 3.67. The van der Waals surface area contributed by atoms with Crippen LogP contribution in [0.5, 0.6) is 0 Å². The van der Waals surface area contributed by atoms with Gasteiger partial charge in [-0.15, -0.1) is 0 Å². The molecule has 2 heterocycles. The van der Waals surface area contributed by atoms with Crippen LogP contribution in [0.1, 0.15) is 24.8 Å². The fraction of sp³-hybridized carbons (Fsp3) is 0.462. The number of rotatable bonds is 1. The topological polar surface area (TPSA) is 24.9 Å². The van der Waals surface area contributed by atoms with Gasteiger partial charge in [-0.1, -0.05) is 29.3 Å². The predicted molar refractivity (Wildman–Crippen MR) is 71.4 cm³/mol. The normalized spacial score (nSPS) is 27.8. The Kier molecular flexibility index (Phi) is 3.12. The van der Waals surface area contributed by atoms with Crippen molar-refractivity contribution in [2.45, 2.75) is 25.3 Å². The Morgan fingerprint density at radius 3 is 3.00 bits per heavy atom. The number of halogens is 2. The first kappa shape index (κ1) is 11.5. The lowest BCUT2D eigenvalue weighted by Gasteiger charge is -2.25. The van der Waals surface area contributed by atoms with Gasteiger partial charge in [-0.2, -0.15) is 0 Å². The van der Waals surface area contributed by atoms with Gasteiger partial charge in [-0.25, -0.2) is 4.98 Å². The largest absolute Gasteiger partial charge is 0.310 e. The number of nitrogens with zero attached hydrogens (tertiary/aromatic N) is 1. The van der Waals surface area contributed by atoms with Crippen molar-refractivity contribution in [3.63, 3.8) is 0 Å². The molecule has 2 aliphatic rings. The van der Waals surface area contributed by atoms with Gasteiger partial charge in [-0.05, 0) is 48.9 Å². The van der Waals surface area contributed by atoms with Gasteiger partial charge in [0.05, 0.1) is 5.02 Å². The molecule has 2 atom stereocenters. The Morgan fingerprint density at radius 2 is 2.24 bits per heavy atom. The highest BCUT2D eigenvalue weighted by molar-refractivity contribution is 6.41. The van der Waals surface area contributed by atoms with E-state index in [-0.39, 0.29) is 0 Å². The molecule has 1 aromatic rings. The van der Waals surface area contributed by atoms with Gasteiger partial charge in [0.2, 0.25) is 0 Å². The summed E-state index contributed by atoms with van der Waals surface area (Å²) in [5.74, 6) is 0.744. The molecule has 0 radical (unpaired) electrons. The Bertz CT molecular complexity index is 470. The molecular formula is C13H14Cl2N2. The zero-order valence-electron chi connectivity index (χ0n) is 9.42. The zero-order valence-corrected chi connectivity index (χ0v) is 10.9. The van der Waals surface area contributed by atoms with Crippen molar-refractivity contribution in [3.8, 4) is 0 Å². The summed E-state index contributed by atoms with van der Waals surface area (Å²) in [6.45, 7) is 1.13. The van der Waals surface area contributed by atoms with Crippen molar-refractivity contribution in [3.05, 3.63) is 34.1 Å². The van der Waals surface area contributed by atoms with Crippen LogP contribution in [0.4, 0.5) is 0 Å². The van der Waals surface area contributed by atoms with Crippen molar-refractivity contribution in [1.29, 1.82) is 0 Å². The standard InChI is InChI=1S/C13H14Cl2N2/c14-11-5-10(7-17-13(11)15)9-4-8-2-1-3-16-12(8)6-9/h5-8,12,16H,1-4H2/t8-,12+/m1/s1. The van der Waals surface area contributed by atoms with Gasteiger partial charge < -0.3 is 5.32 Å². The van der Waals surface area contributed by atoms with Crippen LogP contribution in [-0.2, 0) is 0 Å². The predicted octanol–water partition coefficient (Wildman–Crippen LogP) is 3.54. The van der Waals surface area contributed by atoms with E-state index in [4.69, 9.17) is 23.2 Å². The molecule has 2 nitrogen and oxygen atoms in total. The number of hydrogen-bond acceptors (Lipinski definition) is 2. The van der Waals surface area contributed by atoms with Crippen molar-refractivity contribution in [1.82, 2.24) is 10.3 Å². The van der Waals surface area contributed by atoms with Crippen molar-refractivity contribution in [2.24, 2.45) is 5.92 Å². The molecule has 4 heteroatoms. The van der Waals surface area contributed by atoms with E-state index in [0.717, 1.165) is 24.4 Å². The first-order valence-corrected chi connectivity index (χ1v) is 6.75. The maximum Gasteiger partial charge on any atom is 0.147 e. The lowest BCUT2D eigenvalue weighted by molar-refractivity contribution is 0.341. The second kappa shape index (κ2) is 4.60. The second-order valence-corrected chi connectivity index (χ2v) is 5.54. The zero-order chi connectivity index (χ0) is 11.8. The van der Waals surface area contributed by atoms with Crippen LogP contribution in [0.3, 0.4) is 0 Å². The first-order valence-electron chi connectivity index (χ1n) is 5.99. The van der Waals surface area contributed by atoms with Crippen LogP contribution in [0.15, 0.2) is 18.3 Å². The molecule has 0 bridgehead atoms. The number of piperidine rings is 1. The lowest BCUT2D eigenvalue weighted by atomic mass is 9.92. The highest BCUT2D eigenvalue weighted by Gasteiger charge is 2.30. The highest BCUT2D eigenvalue weighted by atomic mass is 35.5. The first-order chi connectivity index (χ1) is 8.24. The van der Waals surface area contributed by atoms with E-state index < -0.39 is 0 Å². The maximum absolute atomic E-state index is 6.01. The summed E-state index contributed by atoms with van der Waals surface area (Å²) in [5, 5.41) is 4.47.